The van der Waals surface area contributed by atoms with Crippen LogP contribution in [0.5, 0.6) is 0 Å². The Morgan fingerprint density at radius 2 is 2.29 bits per heavy atom. The molecule has 0 amide bonds. The van der Waals surface area contributed by atoms with E-state index in [1.165, 1.54) is 6.07 Å². The lowest BCUT2D eigenvalue weighted by atomic mass is 10.1. The highest BCUT2D eigenvalue weighted by Crippen LogP contribution is 2.28. The number of para-hydroxylation sites is 1. The van der Waals surface area contributed by atoms with Crippen molar-refractivity contribution in [3.63, 3.8) is 0 Å². The van der Waals surface area contributed by atoms with Crippen molar-refractivity contribution in [3.05, 3.63) is 40.6 Å². The van der Waals surface area contributed by atoms with Crippen molar-refractivity contribution >= 4 is 22.3 Å². The van der Waals surface area contributed by atoms with E-state index < -0.39 is 4.92 Å². The normalized spacial score (nSPS) is 18.6. The van der Waals surface area contributed by atoms with Crippen molar-refractivity contribution in [1.29, 1.82) is 0 Å². The molecule has 3 rings (SSSR count). The highest BCUT2D eigenvalue weighted by Gasteiger charge is 2.17. The number of nitrogens with zero attached hydrogens (tertiary/aromatic N) is 2. The Morgan fingerprint density at radius 3 is 3.05 bits per heavy atom. The zero-order valence-electron chi connectivity index (χ0n) is 11.3. The molecule has 0 radical (unpaired) electrons. The first-order valence-corrected chi connectivity index (χ1v) is 6.71. The summed E-state index contributed by atoms with van der Waals surface area (Å²) in [5.74, 6) is 0. The monoisotopic (exact) mass is 289 g/mol. The van der Waals surface area contributed by atoms with Crippen LogP contribution in [0.2, 0.25) is 0 Å². The van der Waals surface area contributed by atoms with Crippen LogP contribution in [0.4, 0.5) is 11.4 Å². The number of pyridine rings is 1. The highest BCUT2D eigenvalue weighted by atomic mass is 16.6. The van der Waals surface area contributed by atoms with E-state index in [2.05, 4.69) is 10.3 Å². The molecule has 0 aliphatic carbocycles. The van der Waals surface area contributed by atoms with E-state index in [1.807, 2.05) is 6.07 Å². The summed E-state index contributed by atoms with van der Waals surface area (Å²) < 4.78 is 10.9. The van der Waals surface area contributed by atoms with E-state index in [9.17, 15) is 10.1 Å². The molecule has 1 aliphatic heterocycles. The van der Waals surface area contributed by atoms with Crippen molar-refractivity contribution < 1.29 is 14.4 Å². The van der Waals surface area contributed by atoms with Crippen LogP contribution in [-0.4, -0.2) is 42.4 Å². The number of fused-ring (bicyclic) bond motifs is 1. The zero-order chi connectivity index (χ0) is 14.7. The largest absolute Gasteiger partial charge is 0.382 e. The van der Waals surface area contributed by atoms with Crippen LogP contribution >= 0.6 is 0 Å². The van der Waals surface area contributed by atoms with Gasteiger partial charge in [0.1, 0.15) is 5.52 Å². The van der Waals surface area contributed by atoms with Gasteiger partial charge in [-0.1, -0.05) is 12.1 Å². The second kappa shape index (κ2) is 6.02. The molecule has 1 aliphatic rings. The number of nitro groups is 1. The number of benzene rings is 1. The second-order valence-corrected chi connectivity index (χ2v) is 4.74. The Hall–Kier alpha value is -2.25. The lowest BCUT2D eigenvalue weighted by Gasteiger charge is -2.23. The lowest BCUT2D eigenvalue weighted by molar-refractivity contribution is -0.383. The van der Waals surface area contributed by atoms with Crippen LogP contribution in [0, 0.1) is 10.1 Å². The van der Waals surface area contributed by atoms with Crippen LogP contribution in [0.3, 0.4) is 0 Å². The molecule has 2 heterocycles. The van der Waals surface area contributed by atoms with Gasteiger partial charge in [-0.15, -0.1) is 0 Å². The van der Waals surface area contributed by atoms with Gasteiger partial charge in [0.2, 0.25) is 0 Å². The number of nitrogens with one attached hydrogen (secondary N) is 1. The summed E-state index contributed by atoms with van der Waals surface area (Å²) in [6.07, 6.45) is 1.55. The van der Waals surface area contributed by atoms with Gasteiger partial charge in [0.05, 0.1) is 30.8 Å². The van der Waals surface area contributed by atoms with Crippen LogP contribution in [0.1, 0.15) is 0 Å². The van der Waals surface area contributed by atoms with Gasteiger partial charge in [0.25, 0.3) is 5.69 Å². The first kappa shape index (κ1) is 13.7. The van der Waals surface area contributed by atoms with Gasteiger partial charge in [0.15, 0.2) is 0 Å². The minimum atomic E-state index is -0.419. The fourth-order valence-corrected chi connectivity index (χ4v) is 2.34. The molecule has 1 N–H and O–H groups in total. The molecule has 1 aromatic carbocycles. The summed E-state index contributed by atoms with van der Waals surface area (Å²) in [6.45, 7) is 2.35. The fourth-order valence-electron chi connectivity index (χ4n) is 2.34. The number of anilines is 1. The average molecular weight is 289 g/mol. The predicted octanol–water partition coefficient (Wildman–Crippen LogP) is 1.97. The van der Waals surface area contributed by atoms with Crippen LogP contribution in [0.15, 0.2) is 30.5 Å². The molecule has 0 saturated carbocycles. The van der Waals surface area contributed by atoms with Gasteiger partial charge < -0.3 is 14.8 Å². The van der Waals surface area contributed by atoms with Crippen LogP contribution in [-0.2, 0) is 9.47 Å². The van der Waals surface area contributed by atoms with Crippen molar-refractivity contribution in [1.82, 2.24) is 4.98 Å². The number of ether oxygens (including phenoxy) is 2. The van der Waals surface area contributed by atoms with Gasteiger partial charge >= 0.3 is 0 Å². The van der Waals surface area contributed by atoms with Crippen molar-refractivity contribution in [3.8, 4) is 0 Å². The summed E-state index contributed by atoms with van der Waals surface area (Å²) in [5.41, 5.74) is 1.19. The molecule has 1 atom stereocenters. The van der Waals surface area contributed by atoms with Gasteiger partial charge in [-0.3, -0.25) is 10.1 Å². The van der Waals surface area contributed by atoms with Gasteiger partial charge in [-0.25, -0.2) is 4.98 Å². The number of nitro benzene ring substituents is 1. The van der Waals surface area contributed by atoms with Crippen LogP contribution < -0.4 is 5.32 Å². The maximum absolute atomic E-state index is 11.0. The third-order valence-corrected chi connectivity index (χ3v) is 3.35. The minimum absolute atomic E-state index is 0.00778. The van der Waals surface area contributed by atoms with Gasteiger partial charge in [-0.05, 0) is 6.07 Å². The molecule has 1 aromatic heterocycles. The summed E-state index contributed by atoms with van der Waals surface area (Å²) in [6, 6.07) is 6.73. The summed E-state index contributed by atoms with van der Waals surface area (Å²) in [4.78, 5) is 14.7. The van der Waals surface area contributed by atoms with Crippen molar-refractivity contribution in [2.24, 2.45) is 0 Å². The molecule has 0 bridgehead atoms. The number of rotatable bonds is 4. The van der Waals surface area contributed by atoms with Gasteiger partial charge in [-0.2, -0.15) is 0 Å². The second-order valence-electron chi connectivity index (χ2n) is 4.74. The standard InChI is InChI=1S/C14H15N3O4/c18-17(19)13-3-1-2-11-12(4-5-15-14(11)13)16-8-10-9-20-6-7-21-10/h1-5,10H,6-9H2,(H,15,16). The molecule has 7 heteroatoms. The number of hydrogen-bond donors (Lipinski definition) is 1. The highest BCUT2D eigenvalue weighted by molar-refractivity contribution is 5.96. The van der Waals surface area contributed by atoms with Crippen LogP contribution in [0.25, 0.3) is 10.9 Å². The first-order valence-electron chi connectivity index (χ1n) is 6.71. The SMILES string of the molecule is O=[N+]([O-])c1cccc2c(NCC3COCCO3)ccnc12. The predicted molar refractivity (Wildman–Crippen MR) is 77.4 cm³/mol. The molecule has 7 nitrogen and oxygen atoms in total. The Balaban J connectivity index is 1.85. The zero-order valence-corrected chi connectivity index (χ0v) is 11.3. The molecular formula is C14H15N3O4. The number of hydrogen-bond acceptors (Lipinski definition) is 6. The summed E-state index contributed by atoms with van der Waals surface area (Å²) in [7, 11) is 0. The maximum atomic E-state index is 11.0. The Bertz CT molecular complexity index is 656. The smallest absolute Gasteiger partial charge is 0.295 e. The van der Waals surface area contributed by atoms with E-state index in [1.54, 1.807) is 18.3 Å². The van der Waals surface area contributed by atoms with E-state index in [4.69, 9.17) is 9.47 Å². The average Bonchev–Trinajstić information content (AvgIpc) is 2.53. The van der Waals surface area contributed by atoms with Gasteiger partial charge in [0, 0.05) is 29.9 Å². The minimum Gasteiger partial charge on any atom is -0.382 e. The maximum Gasteiger partial charge on any atom is 0.295 e. The lowest BCUT2D eigenvalue weighted by Crippen LogP contribution is -2.34. The molecule has 1 saturated heterocycles. The summed E-state index contributed by atoms with van der Waals surface area (Å²) in [5, 5.41) is 15.0. The molecule has 1 fully saturated rings. The summed E-state index contributed by atoms with van der Waals surface area (Å²) >= 11 is 0. The molecule has 110 valence electrons. The number of non-ortho nitro benzene ring substituents is 1. The molecule has 2 aromatic rings. The fraction of sp³-hybridized carbons (Fsp3) is 0.357. The molecule has 21 heavy (non-hydrogen) atoms. The van der Waals surface area contributed by atoms with E-state index >= 15 is 0 Å². The topological polar surface area (TPSA) is 86.5 Å². The number of aromatic nitrogens is 1. The quantitative estimate of drug-likeness (QED) is 0.684. The third kappa shape index (κ3) is 2.93. The Kier molecular flexibility index (Phi) is 3.94. The Labute approximate surface area is 121 Å². The Morgan fingerprint density at radius 1 is 1.38 bits per heavy atom. The van der Waals surface area contributed by atoms with Crippen molar-refractivity contribution in [2.75, 3.05) is 31.7 Å². The van der Waals surface area contributed by atoms with Crippen molar-refractivity contribution in [2.45, 2.75) is 6.10 Å². The van der Waals surface area contributed by atoms with E-state index in [0.717, 1.165) is 11.1 Å². The third-order valence-electron chi connectivity index (χ3n) is 3.35. The molecule has 0 spiro atoms. The van der Waals surface area contributed by atoms with E-state index in [-0.39, 0.29) is 11.8 Å². The molecule has 1 unspecified atom stereocenters. The molecular weight excluding hydrogens is 274 g/mol. The first-order chi connectivity index (χ1) is 10.3. The van der Waals surface area contributed by atoms with E-state index in [0.29, 0.717) is 31.9 Å².